The van der Waals surface area contributed by atoms with E-state index in [1.807, 2.05) is 6.08 Å². The predicted octanol–water partition coefficient (Wildman–Crippen LogP) is 4.49. The normalized spacial score (nSPS) is 14.9. The SMILES string of the molecule is Cc1cccs1.FC1=CC=C(CP)CC1. The van der Waals surface area contributed by atoms with Gasteiger partial charge in [0.2, 0.25) is 0 Å². The average molecular weight is 242 g/mol. The van der Waals surface area contributed by atoms with Gasteiger partial charge in [0.25, 0.3) is 0 Å². The lowest BCUT2D eigenvalue weighted by Gasteiger charge is -2.06. The highest BCUT2D eigenvalue weighted by molar-refractivity contribution is 7.16. The highest BCUT2D eigenvalue weighted by Gasteiger charge is 2.02. The molecule has 0 saturated heterocycles. The predicted molar refractivity (Wildman–Crippen MR) is 70.1 cm³/mol. The van der Waals surface area contributed by atoms with E-state index in [-0.39, 0.29) is 5.83 Å². The van der Waals surface area contributed by atoms with Crippen LogP contribution in [-0.2, 0) is 0 Å². The van der Waals surface area contributed by atoms with Crippen molar-refractivity contribution >= 4 is 20.6 Å². The van der Waals surface area contributed by atoms with Crippen molar-refractivity contribution in [1.82, 2.24) is 0 Å². The third kappa shape index (κ3) is 5.25. The fraction of sp³-hybridized carbons (Fsp3) is 0.333. The number of hydrogen-bond donors (Lipinski definition) is 0. The van der Waals surface area contributed by atoms with Crippen LogP contribution in [0, 0.1) is 6.92 Å². The van der Waals surface area contributed by atoms with Gasteiger partial charge in [-0.3, -0.25) is 0 Å². The molecule has 0 aliphatic heterocycles. The lowest BCUT2D eigenvalue weighted by atomic mass is 10.1. The molecule has 0 nitrogen and oxygen atoms in total. The van der Waals surface area contributed by atoms with Gasteiger partial charge in [-0.25, -0.2) is 4.39 Å². The van der Waals surface area contributed by atoms with Gasteiger partial charge in [0.1, 0.15) is 5.83 Å². The first-order valence-electron chi connectivity index (χ1n) is 4.96. The van der Waals surface area contributed by atoms with Gasteiger partial charge in [-0.2, -0.15) is 0 Å². The largest absolute Gasteiger partial charge is 0.212 e. The molecule has 2 rings (SSSR count). The van der Waals surface area contributed by atoms with Gasteiger partial charge >= 0.3 is 0 Å². The molecule has 0 fully saturated rings. The summed E-state index contributed by atoms with van der Waals surface area (Å²) in [6.45, 7) is 2.10. The van der Waals surface area contributed by atoms with Crippen molar-refractivity contribution < 1.29 is 4.39 Å². The Labute approximate surface area is 97.1 Å². The summed E-state index contributed by atoms with van der Waals surface area (Å²) < 4.78 is 12.3. The molecule has 82 valence electrons. The molecule has 1 aromatic rings. The Morgan fingerprint density at radius 1 is 1.40 bits per heavy atom. The minimum absolute atomic E-state index is 0.0113. The summed E-state index contributed by atoms with van der Waals surface area (Å²) in [5.74, 6) is 0.0113. The van der Waals surface area contributed by atoms with Crippen LogP contribution in [0.3, 0.4) is 0 Å². The molecule has 0 N–H and O–H groups in total. The first kappa shape index (κ1) is 12.6. The first-order valence-corrected chi connectivity index (χ1v) is 6.66. The average Bonchev–Trinajstić information content (AvgIpc) is 2.71. The van der Waals surface area contributed by atoms with E-state index in [1.54, 1.807) is 17.4 Å². The number of aryl methyl sites for hydroxylation is 1. The second kappa shape index (κ2) is 6.92. The minimum Gasteiger partial charge on any atom is -0.212 e. The van der Waals surface area contributed by atoms with Gasteiger partial charge in [-0.1, -0.05) is 17.7 Å². The molecular weight excluding hydrogens is 226 g/mol. The van der Waals surface area contributed by atoms with Gasteiger partial charge in [0.15, 0.2) is 0 Å². The Morgan fingerprint density at radius 3 is 2.53 bits per heavy atom. The van der Waals surface area contributed by atoms with Crippen molar-refractivity contribution in [3.8, 4) is 0 Å². The van der Waals surface area contributed by atoms with Crippen molar-refractivity contribution in [2.24, 2.45) is 0 Å². The monoisotopic (exact) mass is 242 g/mol. The second-order valence-corrected chi connectivity index (χ2v) is 4.93. The Bertz CT molecular complexity index is 339. The lowest BCUT2D eigenvalue weighted by molar-refractivity contribution is 0.582. The van der Waals surface area contributed by atoms with Crippen LogP contribution in [0.2, 0.25) is 0 Å². The Balaban J connectivity index is 0.000000162. The van der Waals surface area contributed by atoms with Crippen LogP contribution in [0.4, 0.5) is 4.39 Å². The summed E-state index contributed by atoms with van der Waals surface area (Å²) >= 11 is 1.78. The Hall–Kier alpha value is -0.460. The molecule has 0 radical (unpaired) electrons. The third-order valence-electron chi connectivity index (χ3n) is 2.11. The quantitative estimate of drug-likeness (QED) is 0.636. The molecule has 3 heteroatoms. The Kier molecular flexibility index (Phi) is 5.82. The van der Waals surface area contributed by atoms with E-state index in [1.165, 1.54) is 10.5 Å². The molecule has 1 atom stereocenters. The molecule has 1 aromatic heterocycles. The van der Waals surface area contributed by atoms with E-state index >= 15 is 0 Å². The molecule has 0 spiro atoms. The zero-order valence-corrected chi connectivity index (χ0v) is 10.8. The molecule has 1 aliphatic carbocycles. The molecule has 1 unspecified atom stereocenters. The van der Waals surface area contributed by atoms with E-state index in [4.69, 9.17) is 0 Å². The van der Waals surface area contributed by atoms with Crippen LogP contribution in [0.1, 0.15) is 17.7 Å². The van der Waals surface area contributed by atoms with Crippen LogP contribution < -0.4 is 0 Å². The van der Waals surface area contributed by atoms with E-state index in [2.05, 4.69) is 33.7 Å². The molecule has 0 aromatic carbocycles. The molecule has 1 heterocycles. The molecular formula is C12H16FPS. The van der Waals surface area contributed by atoms with Crippen LogP contribution in [0.5, 0.6) is 0 Å². The molecule has 0 bridgehead atoms. The maximum Gasteiger partial charge on any atom is 0.100 e. The van der Waals surface area contributed by atoms with Crippen molar-refractivity contribution in [3.63, 3.8) is 0 Å². The van der Waals surface area contributed by atoms with Crippen LogP contribution >= 0.6 is 20.6 Å². The highest BCUT2D eigenvalue weighted by Crippen LogP contribution is 2.19. The number of rotatable bonds is 1. The van der Waals surface area contributed by atoms with Gasteiger partial charge in [0, 0.05) is 11.3 Å². The van der Waals surface area contributed by atoms with E-state index in [0.29, 0.717) is 6.42 Å². The van der Waals surface area contributed by atoms with Crippen molar-refractivity contribution in [2.45, 2.75) is 19.8 Å². The topological polar surface area (TPSA) is 0 Å². The second-order valence-electron chi connectivity index (χ2n) is 3.37. The van der Waals surface area contributed by atoms with Gasteiger partial charge in [-0.15, -0.1) is 20.6 Å². The zero-order chi connectivity index (χ0) is 11.1. The van der Waals surface area contributed by atoms with E-state index < -0.39 is 0 Å². The summed E-state index contributed by atoms with van der Waals surface area (Å²) in [5, 5.41) is 2.08. The summed E-state index contributed by atoms with van der Waals surface area (Å²) in [4.78, 5) is 1.38. The van der Waals surface area contributed by atoms with Crippen molar-refractivity contribution in [2.75, 3.05) is 6.16 Å². The molecule has 0 amide bonds. The van der Waals surface area contributed by atoms with Crippen LogP contribution in [0.25, 0.3) is 0 Å². The Morgan fingerprint density at radius 2 is 2.20 bits per heavy atom. The summed E-state index contributed by atoms with van der Waals surface area (Å²) in [6.07, 6.45) is 5.89. The molecule has 15 heavy (non-hydrogen) atoms. The maximum absolute atomic E-state index is 12.3. The zero-order valence-electron chi connectivity index (χ0n) is 8.87. The number of thiophene rings is 1. The smallest absolute Gasteiger partial charge is 0.100 e. The van der Waals surface area contributed by atoms with Crippen LogP contribution in [-0.4, -0.2) is 6.16 Å². The third-order valence-corrected chi connectivity index (χ3v) is 3.44. The van der Waals surface area contributed by atoms with Crippen LogP contribution in [0.15, 0.2) is 41.1 Å². The molecule has 0 saturated carbocycles. The highest BCUT2D eigenvalue weighted by atomic mass is 32.1. The standard InChI is InChI=1S/C7H10FP.C5H6S/c8-7-3-1-6(5-9)2-4-7;1-5-3-2-4-6-5/h1,3H,2,4-5,9H2;2-4H,1H3. The minimum atomic E-state index is 0.0113. The maximum atomic E-state index is 12.3. The fourth-order valence-electron chi connectivity index (χ4n) is 1.19. The fourth-order valence-corrected chi connectivity index (χ4v) is 2.05. The molecule has 1 aliphatic rings. The first-order chi connectivity index (χ1) is 7.22. The van der Waals surface area contributed by atoms with Crippen molar-refractivity contribution in [3.05, 3.63) is 45.9 Å². The number of hydrogen-bond acceptors (Lipinski definition) is 1. The number of halogens is 1. The van der Waals surface area contributed by atoms with Gasteiger partial charge in [0.05, 0.1) is 0 Å². The number of allylic oxidation sites excluding steroid dienone is 4. The van der Waals surface area contributed by atoms with Gasteiger partial charge < -0.3 is 0 Å². The van der Waals surface area contributed by atoms with E-state index in [9.17, 15) is 4.39 Å². The van der Waals surface area contributed by atoms with Gasteiger partial charge in [-0.05, 0) is 37.0 Å². The summed E-state index contributed by atoms with van der Waals surface area (Å²) in [5.41, 5.74) is 1.32. The van der Waals surface area contributed by atoms with E-state index in [0.717, 1.165) is 12.6 Å². The lowest BCUT2D eigenvalue weighted by Crippen LogP contribution is -1.90. The summed E-state index contributed by atoms with van der Waals surface area (Å²) in [7, 11) is 2.64. The summed E-state index contributed by atoms with van der Waals surface area (Å²) in [6, 6.07) is 4.16. The van der Waals surface area contributed by atoms with Crippen molar-refractivity contribution in [1.29, 1.82) is 0 Å².